The number of nitrogens with zero attached hydrogens (tertiary/aromatic N) is 4. The first kappa shape index (κ1) is 32.1. The van der Waals surface area contributed by atoms with E-state index in [0.29, 0.717) is 0 Å². The van der Waals surface area contributed by atoms with Crippen LogP contribution in [0.4, 0.5) is 40.9 Å². The summed E-state index contributed by atoms with van der Waals surface area (Å²) in [6.07, 6.45) is -8.17. The van der Waals surface area contributed by atoms with Crippen LogP contribution < -0.4 is 26.2 Å². The Kier molecular flexibility index (Phi) is 8.49. The molecule has 45 heavy (non-hydrogen) atoms. The maximum atomic E-state index is 15.3. The Hall–Kier alpha value is -4.29. The minimum atomic E-state index is -4.73. The summed E-state index contributed by atoms with van der Waals surface area (Å²) in [6.45, 7) is 0.719. The molecule has 0 bridgehead atoms. The molecular formula is C26H21ClF8N8O2. The topological polar surface area (TPSA) is 137 Å². The van der Waals surface area contributed by atoms with Crippen LogP contribution in [0.15, 0.2) is 42.7 Å². The van der Waals surface area contributed by atoms with Crippen LogP contribution in [0.2, 0.25) is 5.15 Å². The zero-order chi connectivity index (χ0) is 32.7. The molecule has 1 saturated heterocycles. The summed E-state index contributed by atoms with van der Waals surface area (Å²) >= 11 is 6.15. The molecule has 4 aromatic rings. The number of amides is 1. The van der Waals surface area contributed by atoms with Gasteiger partial charge >= 0.3 is 12.4 Å². The van der Waals surface area contributed by atoms with E-state index in [9.17, 15) is 31.1 Å². The third-order valence-corrected chi connectivity index (χ3v) is 7.02. The molecule has 1 atom stereocenters. The fourth-order valence-corrected chi connectivity index (χ4v) is 4.54. The number of alkyl halides is 6. The number of anilines is 1. The van der Waals surface area contributed by atoms with E-state index in [4.69, 9.17) is 16.3 Å². The number of hydrogen-bond donors (Lipinski definition) is 4. The number of nitrogens with one attached hydrogen (secondary N) is 4. The molecule has 19 heteroatoms. The first-order valence-electron chi connectivity index (χ1n) is 13.0. The van der Waals surface area contributed by atoms with Crippen molar-refractivity contribution in [1.29, 1.82) is 0 Å². The van der Waals surface area contributed by atoms with Crippen LogP contribution in [0.5, 0.6) is 5.75 Å². The van der Waals surface area contributed by atoms with Crippen molar-refractivity contribution in [1.82, 2.24) is 35.8 Å². The van der Waals surface area contributed by atoms with Gasteiger partial charge in [0.2, 0.25) is 5.66 Å². The monoisotopic (exact) mass is 664 g/mol. The van der Waals surface area contributed by atoms with Gasteiger partial charge in [0, 0.05) is 24.2 Å². The first-order chi connectivity index (χ1) is 21.1. The Morgan fingerprint density at radius 2 is 1.71 bits per heavy atom. The van der Waals surface area contributed by atoms with E-state index in [0.717, 1.165) is 42.0 Å². The molecule has 1 amide bonds. The molecule has 2 aromatic carbocycles. The van der Waals surface area contributed by atoms with E-state index in [1.165, 1.54) is 12.1 Å². The second kappa shape index (κ2) is 11.9. The van der Waals surface area contributed by atoms with Gasteiger partial charge in [0.15, 0.2) is 0 Å². The minimum Gasteiger partial charge on any atom is -0.493 e. The number of benzene rings is 2. The van der Waals surface area contributed by atoms with Crippen LogP contribution in [-0.4, -0.2) is 57.0 Å². The van der Waals surface area contributed by atoms with Crippen LogP contribution in [0, 0.1) is 11.6 Å². The van der Waals surface area contributed by atoms with Gasteiger partial charge in [-0.3, -0.25) is 4.79 Å². The lowest BCUT2D eigenvalue weighted by Gasteiger charge is -2.21. The second-order valence-corrected chi connectivity index (χ2v) is 10.2. The molecule has 1 aliphatic heterocycles. The number of aromatic nitrogens is 4. The molecule has 1 aliphatic rings. The van der Waals surface area contributed by atoms with Crippen molar-refractivity contribution >= 4 is 29.1 Å². The minimum absolute atomic E-state index is 0.0465. The van der Waals surface area contributed by atoms with Gasteiger partial charge in [0.1, 0.15) is 40.7 Å². The van der Waals surface area contributed by atoms with Gasteiger partial charge in [-0.2, -0.15) is 45.9 Å². The van der Waals surface area contributed by atoms with Gasteiger partial charge in [-0.1, -0.05) is 23.7 Å². The highest BCUT2D eigenvalue weighted by atomic mass is 35.5. The number of ether oxygens (including phenoxy) is 1. The maximum Gasteiger partial charge on any atom is 0.426 e. The fraction of sp³-hybridized carbons (Fsp3) is 0.308. The third-order valence-electron chi connectivity index (χ3n) is 6.75. The molecule has 0 unspecified atom stereocenters. The molecule has 2 aromatic heterocycles. The Morgan fingerprint density at radius 1 is 1.07 bits per heavy atom. The Labute approximate surface area is 253 Å². The highest BCUT2D eigenvalue weighted by Gasteiger charge is 2.65. The number of hydrogen-bond acceptors (Lipinski definition) is 8. The van der Waals surface area contributed by atoms with Crippen molar-refractivity contribution in [3.05, 3.63) is 70.6 Å². The van der Waals surface area contributed by atoms with E-state index in [1.54, 1.807) is 0 Å². The predicted molar refractivity (Wildman–Crippen MR) is 143 cm³/mol. The molecule has 0 radical (unpaired) electrons. The highest BCUT2D eigenvalue weighted by Crippen LogP contribution is 2.42. The quantitative estimate of drug-likeness (QED) is 0.0795. The average molecular weight is 665 g/mol. The van der Waals surface area contributed by atoms with E-state index in [1.807, 2.05) is 0 Å². The summed E-state index contributed by atoms with van der Waals surface area (Å²) in [6, 6.07) is 4.22. The second-order valence-electron chi connectivity index (χ2n) is 9.80. The van der Waals surface area contributed by atoms with Crippen molar-refractivity contribution in [3.8, 4) is 16.9 Å². The lowest BCUT2D eigenvalue weighted by atomic mass is 10.0. The molecule has 10 nitrogen and oxygen atoms in total. The lowest BCUT2D eigenvalue weighted by molar-refractivity contribution is -0.165. The van der Waals surface area contributed by atoms with Crippen LogP contribution in [0.1, 0.15) is 29.3 Å². The van der Waals surface area contributed by atoms with Crippen LogP contribution in [-0.2, 0) is 5.66 Å². The number of fused-ring (bicyclic) bond motifs is 1. The fourth-order valence-electron chi connectivity index (χ4n) is 4.28. The van der Waals surface area contributed by atoms with E-state index >= 15 is 8.78 Å². The summed E-state index contributed by atoms with van der Waals surface area (Å²) in [5.41, 5.74) is 0.444. The summed E-state index contributed by atoms with van der Waals surface area (Å²) in [5.74, 6) is -3.99. The van der Waals surface area contributed by atoms with Crippen LogP contribution in [0.25, 0.3) is 16.9 Å². The molecule has 0 saturated carbocycles. The smallest absolute Gasteiger partial charge is 0.426 e. The highest BCUT2D eigenvalue weighted by molar-refractivity contribution is 6.33. The number of rotatable bonds is 10. The molecular weight excluding hydrogens is 644 g/mol. The van der Waals surface area contributed by atoms with Crippen molar-refractivity contribution in [2.75, 3.05) is 18.5 Å². The normalized spacial score (nSPS) is 15.2. The number of hydrazine groups is 1. The Morgan fingerprint density at radius 3 is 2.29 bits per heavy atom. The Balaban J connectivity index is 1.23. The van der Waals surface area contributed by atoms with Gasteiger partial charge in [-0.05, 0) is 31.0 Å². The number of carbonyl (C=O) groups excluding carboxylic acids is 1. The van der Waals surface area contributed by atoms with E-state index < -0.39 is 63.7 Å². The standard InChI is InChI=1S/C26H21ClF8N8O2/c1-12(25(30,31)32)39-21-19(20(27)40-23-37-11-38-43(21)23)18-16(28)9-15(10-17(18)29)45-8-2-7-36-22(44)13-3-5-14(6-4-13)24(41-42-24)26(33,34)35/h3-6,9-12,39,41-42H,2,7-8H2,1H3,(H,36,44)/t12-/m0/s1. The summed E-state index contributed by atoms with van der Waals surface area (Å²) < 4.78 is 116. The molecule has 3 heterocycles. The first-order valence-corrected chi connectivity index (χ1v) is 13.3. The van der Waals surface area contributed by atoms with Gasteiger partial charge in [-0.15, -0.1) is 0 Å². The number of carbonyl (C=O) groups is 1. The molecule has 4 N–H and O–H groups in total. The SMILES string of the molecule is C[C@H](Nc1c(-c2c(F)cc(OCCCNC(=O)c3ccc(C4(C(F)(F)F)NN4)cc3)cc2F)c(Cl)nc2ncnn12)C(F)(F)F. The van der Waals surface area contributed by atoms with E-state index in [-0.39, 0.29) is 42.2 Å². The summed E-state index contributed by atoms with van der Waals surface area (Å²) in [7, 11) is 0. The molecule has 5 rings (SSSR count). The summed E-state index contributed by atoms with van der Waals surface area (Å²) in [5, 5.41) is 7.93. The van der Waals surface area contributed by atoms with Crippen LogP contribution >= 0.6 is 11.6 Å². The van der Waals surface area contributed by atoms with E-state index in [2.05, 4.69) is 36.6 Å². The van der Waals surface area contributed by atoms with Crippen molar-refractivity contribution in [2.45, 2.75) is 37.4 Å². The number of halogens is 9. The van der Waals surface area contributed by atoms with Crippen molar-refractivity contribution in [2.24, 2.45) is 0 Å². The van der Waals surface area contributed by atoms with Gasteiger partial charge in [0.25, 0.3) is 11.7 Å². The maximum absolute atomic E-state index is 15.3. The Bertz CT molecular complexity index is 1700. The lowest BCUT2D eigenvalue weighted by Crippen LogP contribution is -2.34. The van der Waals surface area contributed by atoms with Crippen molar-refractivity contribution in [3.63, 3.8) is 0 Å². The van der Waals surface area contributed by atoms with Crippen LogP contribution in [0.3, 0.4) is 0 Å². The van der Waals surface area contributed by atoms with Gasteiger partial charge in [-0.25, -0.2) is 19.6 Å². The van der Waals surface area contributed by atoms with Gasteiger partial charge in [0.05, 0.1) is 17.7 Å². The predicted octanol–water partition coefficient (Wildman–Crippen LogP) is 5.11. The zero-order valence-corrected chi connectivity index (χ0v) is 23.5. The third kappa shape index (κ3) is 6.43. The van der Waals surface area contributed by atoms with Gasteiger partial charge < -0.3 is 15.4 Å². The molecule has 0 spiro atoms. The summed E-state index contributed by atoms with van der Waals surface area (Å²) in [4.78, 5) is 20.0. The zero-order valence-electron chi connectivity index (χ0n) is 22.7. The average Bonchev–Trinajstić information content (AvgIpc) is 3.66. The van der Waals surface area contributed by atoms with Crippen molar-refractivity contribution < 1.29 is 44.7 Å². The molecule has 240 valence electrons. The largest absolute Gasteiger partial charge is 0.493 e. The molecule has 0 aliphatic carbocycles. The molecule has 1 fully saturated rings.